The number of hydrogen-bond acceptors (Lipinski definition) is 4. The van der Waals surface area contributed by atoms with Crippen molar-refractivity contribution in [1.29, 1.82) is 0 Å². The second-order valence-electron chi connectivity index (χ2n) is 6.56. The fourth-order valence-corrected chi connectivity index (χ4v) is 3.76. The Morgan fingerprint density at radius 3 is 3.17 bits per heavy atom. The van der Waals surface area contributed by atoms with Crippen LogP contribution in [0, 0.1) is 11.7 Å². The fourth-order valence-electron chi connectivity index (χ4n) is 3.76. The highest BCUT2D eigenvalue weighted by Gasteiger charge is 2.38. The summed E-state index contributed by atoms with van der Waals surface area (Å²) in [7, 11) is 0. The van der Waals surface area contributed by atoms with E-state index < -0.39 is 0 Å². The molecule has 1 aromatic carbocycles. The smallest absolute Gasteiger partial charge is 0.276 e. The van der Waals surface area contributed by atoms with Crippen LogP contribution in [0.25, 0.3) is 0 Å². The number of nitrogens with one attached hydrogen (secondary N) is 1. The average Bonchev–Trinajstić information content (AvgIpc) is 3.23. The molecule has 0 unspecified atom stereocenters. The number of halogens is 1. The SMILES string of the molecule is O=C(c1cn(Cc2cccc(F)c2)nn1)N1CCC[C@H]2CNC[C@H]21. The number of piperidine rings is 1. The summed E-state index contributed by atoms with van der Waals surface area (Å²) in [6, 6.07) is 6.62. The molecule has 126 valence electrons. The summed E-state index contributed by atoms with van der Waals surface area (Å²) >= 11 is 0. The fraction of sp³-hybridized carbons (Fsp3) is 0.471. The average molecular weight is 329 g/mol. The lowest BCUT2D eigenvalue weighted by Gasteiger charge is -2.36. The summed E-state index contributed by atoms with van der Waals surface area (Å²) in [5.74, 6) is 0.209. The van der Waals surface area contributed by atoms with Crippen molar-refractivity contribution in [2.45, 2.75) is 25.4 Å². The van der Waals surface area contributed by atoms with Gasteiger partial charge in [0.15, 0.2) is 5.69 Å². The van der Waals surface area contributed by atoms with Crippen molar-refractivity contribution < 1.29 is 9.18 Å². The van der Waals surface area contributed by atoms with Crippen LogP contribution in [-0.4, -0.2) is 51.5 Å². The van der Waals surface area contributed by atoms with Crippen molar-refractivity contribution in [3.05, 3.63) is 47.5 Å². The van der Waals surface area contributed by atoms with E-state index in [1.807, 2.05) is 11.0 Å². The van der Waals surface area contributed by atoms with Gasteiger partial charge in [0.1, 0.15) is 5.82 Å². The van der Waals surface area contributed by atoms with Crippen LogP contribution >= 0.6 is 0 Å². The first-order valence-corrected chi connectivity index (χ1v) is 8.37. The predicted octanol–water partition coefficient (Wildman–Crippen LogP) is 1.29. The Labute approximate surface area is 139 Å². The molecule has 4 rings (SSSR count). The number of carbonyl (C=O) groups is 1. The van der Waals surface area contributed by atoms with Crippen LogP contribution in [0.5, 0.6) is 0 Å². The van der Waals surface area contributed by atoms with Crippen LogP contribution in [0.2, 0.25) is 0 Å². The van der Waals surface area contributed by atoms with Gasteiger partial charge < -0.3 is 10.2 Å². The summed E-state index contributed by atoms with van der Waals surface area (Å²) in [6.45, 7) is 3.01. The van der Waals surface area contributed by atoms with E-state index in [2.05, 4.69) is 15.6 Å². The number of amides is 1. The number of hydrogen-bond donors (Lipinski definition) is 1. The van der Waals surface area contributed by atoms with Gasteiger partial charge in [-0.1, -0.05) is 17.3 Å². The van der Waals surface area contributed by atoms with Gasteiger partial charge in [-0.05, 0) is 36.5 Å². The standard InChI is InChI=1S/C17H20FN5O/c18-14-5-1-3-12(7-14)10-22-11-15(20-21-22)17(24)23-6-2-4-13-8-19-9-16(13)23/h1,3,5,7,11,13,16,19H,2,4,6,8-10H2/t13-,16+/m0/s1. The molecule has 0 spiro atoms. The van der Waals surface area contributed by atoms with Gasteiger partial charge in [0.05, 0.1) is 12.7 Å². The van der Waals surface area contributed by atoms with Gasteiger partial charge in [0.2, 0.25) is 0 Å². The maximum absolute atomic E-state index is 13.3. The van der Waals surface area contributed by atoms with E-state index in [-0.39, 0.29) is 17.8 Å². The molecule has 2 atom stereocenters. The zero-order valence-electron chi connectivity index (χ0n) is 13.4. The molecule has 6 nitrogen and oxygen atoms in total. The van der Waals surface area contributed by atoms with Crippen LogP contribution in [0.3, 0.4) is 0 Å². The maximum Gasteiger partial charge on any atom is 0.276 e. The van der Waals surface area contributed by atoms with E-state index in [9.17, 15) is 9.18 Å². The molecule has 0 aliphatic carbocycles. The summed E-state index contributed by atoms with van der Waals surface area (Å²) in [5, 5.41) is 11.4. The van der Waals surface area contributed by atoms with Crippen molar-refractivity contribution in [3.63, 3.8) is 0 Å². The van der Waals surface area contributed by atoms with Gasteiger partial charge >= 0.3 is 0 Å². The zero-order valence-corrected chi connectivity index (χ0v) is 13.4. The van der Waals surface area contributed by atoms with E-state index in [0.29, 0.717) is 18.2 Å². The molecule has 1 amide bonds. The molecule has 2 aromatic rings. The number of aromatic nitrogens is 3. The van der Waals surface area contributed by atoms with E-state index in [1.54, 1.807) is 16.9 Å². The molecule has 24 heavy (non-hydrogen) atoms. The third kappa shape index (κ3) is 2.91. The second-order valence-corrected chi connectivity index (χ2v) is 6.56. The lowest BCUT2D eigenvalue weighted by atomic mass is 9.92. The Hall–Kier alpha value is -2.28. The Morgan fingerprint density at radius 1 is 1.38 bits per heavy atom. The largest absolute Gasteiger partial charge is 0.333 e. The Kier molecular flexibility index (Phi) is 4.02. The van der Waals surface area contributed by atoms with Crippen LogP contribution in [0.4, 0.5) is 4.39 Å². The van der Waals surface area contributed by atoms with Crippen LogP contribution in [0.1, 0.15) is 28.9 Å². The molecule has 7 heteroatoms. The number of rotatable bonds is 3. The van der Waals surface area contributed by atoms with Gasteiger partial charge in [-0.3, -0.25) is 4.79 Å². The molecule has 1 aromatic heterocycles. The highest BCUT2D eigenvalue weighted by Crippen LogP contribution is 2.27. The third-order valence-corrected chi connectivity index (χ3v) is 4.93. The maximum atomic E-state index is 13.3. The quantitative estimate of drug-likeness (QED) is 0.922. The van der Waals surface area contributed by atoms with Gasteiger partial charge in [-0.15, -0.1) is 5.10 Å². The number of carbonyl (C=O) groups excluding carboxylic acids is 1. The highest BCUT2D eigenvalue weighted by molar-refractivity contribution is 5.92. The van der Waals surface area contributed by atoms with Crippen LogP contribution in [-0.2, 0) is 6.54 Å². The van der Waals surface area contributed by atoms with E-state index in [1.165, 1.54) is 18.6 Å². The minimum Gasteiger partial charge on any atom is -0.333 e. The summed E-state index contributed by atoms with van der Waals surface area (Å²) in [5.41, 5.74) is 1.15. The molecular formula is C17H20FN5O. The first-order valence-electron chi connectivity index (χ1n) is 8.37. The minimum absolute atomic E-state index is 0.0566. The predicted molar refractivity (Wildman–Crippen MR) is 85.9 cm³/mol. The molecular weight excluding hydrogens is 309 g/mol. The number of benzene rings is 1. The van der Waals surface area contributed by atoms with Crippen molar-refractivity contribution in [1.82, 2.24) is 25.2 Å². The van der Waals surface area contributed by atoms with Gasteiger partial charge in [0, 0.05) is 25.7 Å². The molecule has 3 heterocycles. The first-order chi connectivity index (χ1) is 11.7. The molecule has 0 bridgehead atoms. The Bertz CT molecular complexity index is 746. The molecule has 2 saturated heterocycles. The van der Waals surface area contributed by atoms with Crippen molar-refractivity contribution in [3.8, 4) is 0 Å². The lowest BCUT2D eigenvalue weighted by molar-refractivity contribution is 0.0568. The Morgan fingerprint density at radius 2 is 2.29 bits per heavy atom. The van der Waals surface area contributed by atoms with Crippen LogP contribution in [0.15, 0.2) is 30.5 Å². The first kappa shape index (κ1) is 15.3. The van der Waals surface area contributed by atoms with Crippen molar-refractivity contribution in [2.75, 3.05) is 19.6 Å². The molecule has 2 fully saturated rings. The summed E-state index contributed by atoms with van der Waals surface area (Å²) < 4.78 is 14.8. The lowest BCUT2D eigenvalue weighted by Crippen LogP contribution is -2.48. The third-order valence-electron chi connectivity index (χ3n) is 4.93. The monoisotopic (exact) mass is 329 g/mol. The molecule has 1 N–H and O–H groups in total. The van der Waals surface area contributed by atoms with Crippen molar-refractivity contribution in [2.24, 2.45) is 5.92 Å². The second kappa shape index (κ2) is 6.32. The zero-order chi connectivity index (χ0) is 16.5. The summed E-state index contributed by atoms with van der Waals surface area (Å²) in [4.78, 5) is 14.7. The number of likely N-dealkylation sites (tertiary alicyclic amines) is 1. The molecule has 0 saturated carbocycles. The highest BCUT2D eigenvalue weighted by atomic mass is 19.1. The van der Waals surface area contributed by atoms with Gasteiger partial charge in [0.25, 0.3) is 5.91 Å². The number of fused-ring (bicyclic) bond motifs is 1. The Balaban J connectivity index is 1.48. The van der Waals surface area contributed by atoms with E-state index >= 15 is 0 Å². The van der Waals surface area contributed by atoms with E-state index in [0.717, 1.165) is 31.6 Å². The van der Waals surface area contributed by atoms with Crippen LogP contribution < -0.4 is 5.32 Å². The van der Waals surface area contributed by atoms with Crippen molar-refractivity contribution >= 4 is 5.91 Å². The molecule has 0 radical (unpaired) electrons. The topological polar surface area (TPSA) is 63.1 Å². The van der Waals surface area contributed by atoms with Gasteiger partial charge in [-0.2, -0.15) is 0 Å². The normalized spacial score (nSPS) is 23.3. The van der Waals surface area contributed by atoms with Gasteiger partial charge in [-0.25, -0.2) is 9.07 Å². The minimum atomic E-state index is -0.281. The van der Waals surface area contributed by atoms with E-state index in [4.69, 9.17) is 0 Å². The molecule has 2 aliphatic heterocycles. The molecule has 2 aliphatic rings. The summed E-state index contributed by atoms with van der Waals surface area (Å²) in [6.07, 6.45) is 3.86. The number of nitrogens with zero attached hydrogens (tertiary/aromatic N) is 4.